The summed E-state index contributed by atoms with van der Waals surface area (Å²) in [6.07, 6.45) is 6.80. The second kappa shape index (κ2) is 15.7. The summed E-state index contributed by atoms with van der Waals surface area (Å²) in [4.78, 5) is 15.2. The number of rotatable bonds is 16. The SMILES string of the molecule is NNC=NCCCCCCNCCCOc1c(Cl)cc(C/C(=N/O)C(N)=O)cc1Cl. The predicted molar refractivity (Wildman–Crippen MR) is 121 cm³/mol. The molecule has 1 aromatic carbocycles. The number of unbranched alkanes of at least 4 members (excludes halogenated alkanes) is 3. The van der Waals surface area contributed by atoms with Gasteiger partial charge in [-0.1, -0.05) is 41.2 Å². The average Bonchev–Trinajstić information content (AvgIpc) is 2.71. The number of carbonyl (C=O) groups excluding carboxylic acids is 1. The Kier molecular flexibility index (Phi) is 13.6. The van der Waals surface area contributed by atoms with Crippen LogP contribution in [0, 0.1) is 0 Å². The van der Waals surface area contributed by atoms with Crippen molar-refractivity contribution < 1.29 is 14.7 Å². The van der Waals surface area contributed by atoms with Crippen LogP contribution in [0.2, 0.25) is 10.0 Å². The summed E-state index contributed by atoms with van der Waals surface area (Å²) in [7, 11) is 0. The summed E-state index contributed by atoms with van der Waals surface area (Å²) in [5.41, 5.74) is 7.92. The quantitative estimate of drug-likeness (QED) is 0.0637. The van der Waals surface area contributed by atoms with Gasteiger partial charge in [0.25, 0.3) is 5.91 Å². The summed E-state index contributed by atoms with van der Waals surface area (Å²) in [5, 5.41) is 15.7. The first-order chi connectivity index (χ1) is 14.5. The van der Waals surface area contributed by atoms with Crippen LogP contribution in [0.15, 0.2) is 22.3 Å². The van der Waals surface area contributed by atoms with Crippen LogP contribution in [0.1, 0.15) is 37.7 Å². The Hall–Kier alpha value is -2.07. The zero-order valence-electron chi connectivity index (χ0n) is 16.9. The lowest BCUT2D eigenvalue weighted by Gasteiger charge is -2.12. The Morgan fingerprint density at radius 2 is 1.80 bits per heavy atom. The number of carbonyl (C=O) groups is 1. The van der Waals surface area contributed by atoms with Crippen LogP contribution >= 0.6 is 23.2 Å². The van der Waals surface area contributed by atoms with Gasteiger partial charge in [0.1, 0.15) is 5.71 Å². The van der Waals surface area contributed by atoms with Crippen molar-refractivity contribution in [2.45, 2.75) is 38.5 Å². The van der Waals surface area contributed by atoms with E-state index in [9.17, 15) is 4.79 Å². The number of primary amides is 1. The molecule has 0 saturated heterocycles. The van der Waals surface area contributed by atoms with E-state index >= 15 is 0 Å². The largest absolute Gasteiger partial charge is 0.490 e. The minimum absolute atomic E-state index is 0.0214. The number of amides is 1. The maximum Gasteiger partial charge on any atom is 0.266 e. The third-order valence-electron chi connectivity index (χ3n) is 4.14. The first-order valence-electron chi connectivity index (χ1n) is 9.76. The molecule has 1 amide bonds. The van der Waals surface area contributed by atoms with Crippen molar-refractivity contribution in [3.8, 4) is 5.75 Å². The Balaban J connectivity index is 2.23. The molecule has 1 rings (SSSR count). The summed E-state index contributed by atoms with van der Waals surface area (Å²) < 4.78 is 5.69. The van der Waals surface area contributed by atoms with Crippen molar-refractivity contribution in [2.24, 2.45) is 21.7 Å². The lowest BCUT2D eigenvalue weighted by atomic mass is 10.1. The predicted octanol–water partition coefficient (Wildman–Crippen LogP) is 2.26. The molecule has 0 atom stereocenters. The number of oxime groups is 1. The standard InChI is InChI=1S/C19H30Cl2N6O3/c20-15-10-14(12-17(27-29)19(22)28)11-16(21)18(15)30-9-5-8-24-6-3-1-2-4-7-25-13-26-23/h10-11,13,24,29H,1-9,12,23H2,(H2,22,28)(H,25,26)/b27-17-. The maximum atomic E-state index is 11.1. The fourth-order valence-corrected chi connectivity index (χ4v) is 3.28. The molecule has 9 nitrogen and oxygen atoms in total. The van der Waals surface area contributed by atoms with E-state index in [0.29, 0.717) is 28.0 Å². The highest BCUT2D eigenvalue weighted by Gasteiger charge is 2.14. The lowest BCUT2D eigenvalue weighted by molar-refractivity contribution is -0.112. The highest BCUT2D eigenvalue weighted by molar-refractivity contribution is 6.39. The van der Waals surface area contributed by atoms with Crippen molar-refractivity contribution in [3.05, 3.63) is 27.7 Å². The maximum absolute atomic E-state index is 11.1. The third-order valence-corrected chi connectivity index (χ3v) is 4.70. The first-order valence-corrected chi connectivity index (χ1v) is 10.5. The van der Waals surface area contributed by atoms with Gasteiger partial charge < -0.3 is 26.4 Å². The van der Waals surface area contributed by atoms with Crippen molar-refractivity contribution in [3.63, 3.8) is 0 Å². The van der Waals surface area contributed by atoms with Crippen LogP contribution in [0.5, 0.6) is 5.75 Å². The number of hydrogen-bond donors (Lipinski definition) is 5. The van der Waals surface area contributed by atoms with E-state index in [2.05, 4.69) is 20.9 Å². The van der Waals surface area contributed by atoms with Gasteiger partial charge in [0.15, 0.2) is 5.75 Å². The van der Waals surface area contributed by atoms with Crippen molar-refractivity contribution in [1.82, 2.24) is 10.7 Å². The van der Waals surface area contributed by atoms with E-state index < -0.39 is 5.91 Å². The molecule has 0 aliphatic heterocycles. The van der Waals surface area contributed by atoms with Gasteiger partial charge in [0, 0.05) is 13.0 Å². The summed E-state index contributed by atoms with van der Waals surface area (Å²) in [6.45, 7) is 3.04. The van der Waals surface area contributed by atoms with Crippen LogP contribution < -0.4 is 27.1 Å². The van der Waals surface area contributed by atoms with Crippen LogP contribution in [-0.2, 0) is 11.2 Å². The summed E-state index contributed by atoms with van der Waals surface area (Å²) in [5.74, 6) is 4.66. The fraction of sp³-hybridized carbons (Fsp3) is 0.526. The number of nitrogens with one attached hydrogen (secondary N) is 2. The van der Waals surface area contributed by atoms with Crippen molar-refractivity contribution in [2.75, 3.05) is 26.2 Å². The number of ether oxygens (including phenoxy) is 1. The molecule has 30 heavy (non-hydrogen) atoms. The molecular weight excluding hydrogens is 431 g/mol. The molecule has 0 aromatic heterocycles. The van der Waals surface area contributed by atoms with Gasteiger partial charge in [-0.25, -0.2) is 5.84 Å². The lowest BCUT2D eigenvalue weighted by Crippen LogP contribution is -2.25. The topological polar surface area (TPSA) is 147 Å². The van der Waals surface area contributed by atoms with E-state index in [-0.39, 0.29) is 12.1 Å². The number of nitrogens with two attached hydrogens (primary N) is 2. The highest BCUT2D eigenvalue weighted by Crippen LogP contribution is 2.34. The molecule has 0 spiro atoms. The number of benzene rings is 1. The van der Waals surface area contributed by atoms with Crippen LogP contribution in [0.4, 0.5) is 0 Å². The second-order valence-corrected chi connectivity index (χ2v) is 7.36. The number of nitrogens with zero attached hydrogens (tertiary/aromatic N) is 2. The van der Waals surface area contributed by atoms with E-state index in [1.165, 1.54) is 6.34 Å². The smallest absolute Gasteiger partial charge is 0.266 e. The fourth-order valence-electron chi connectivity index (χ4n) is 2.64. The number of hydrogen-bond acceptors (Lipinski definition) is 7. The highest BCUT2D eigenvalue weighted by atomic mass is 35.5. The Morgan fingerprint density at radius 3 is 2.43 bits per heavy atom. The normalized spacial score (nSPS) is 11.8. The van der Waals surface area contributed by atoms with Gasteiger partial charge in [-0.3, -0.25) is 9.79 Å². The Morgan fingerprint density at radius 1 is 1.13 bits per heavy atom. The molecular formula is C19H30Cl2N6O3. The Bertz CT molecular complexity index is 693. The number of hydrazine groups is 1. The van der Waals surface area contributed by atoms with Gasteiger partial charge in [0.05, 0.1) is 23.0 Å². The molecule has 11 heteroatoms. The molecule has 0 radical (unpaired) electrons. The average molecular weight is 461 g/mol. The molecule has 0 saturated carbocycles. The third kappa shape index (κ3) is 10.6. The molecule has 7 N–H and O–H groups in total. The monoisotopic (exact) mass is 460 g/mol. The number of halogens is 2. The molecule has 1 aromatic rings. The van der Waals surface area contributed by atoms with E-state index in [4.69, 9.17) is 44.7 Å². The molecule has 0 bridgehead atoms. The second-order valence-electron chi connectivity index (χ2n) is 6.54. The van der Waals surface area contributed by atoms with E-state index in [1.807, 2.05) is 0 Å². The molecule has 0 heterocycles. The minimum atomic E-state index is -0.813. The van der Waals surface area contributed by atoms with Gasteiger partial charge >= 0.3 is 0 Å². The zero-order chi connectivity index (χ0) is 22.2. The van der Waals surface area contributed by atoms with Gasteiger partial charge in [-0.2, -0.15) is 0 Å². The summed E-state index contributed by atoms with van der Waals surface area (Å²) >= 11 is 12.5. The van der Waals surface area contributed by atoms with Gasteiger partial charge in [0.2, 0.25) is 0 Å². The Labute approximate surface area is 186 Å². The molecule has 168 valence electrons. The van der Waals surface area contributed by atoms with Crippen LogP contribution in [0.3, 0.4) is 0 Å². The van der Waals surface area contributed by atoms with E-state index in [1.54, 1.807) is 12.1 Å². The molecule has 0 fully saturated rings. The number of aliphatic imine (C=N–C) groups is 1. The van der Waals surface area contributed by atoms with Gasteiger partial charge in [-0.15, -0.1) is 0 Å². The van der Waals surface area contributed by atoms with Gasteiger partial charge in [-0.05, 0) is 50.0 Å². The zero-order valence-corrected chi connectivity index (χ0v) is 18.4. The van der Waals surface area contributed by atoms with E-state index in [0.717, 1.165) is 51.7 Å². The summed E-state index contributed by atoms with van der Waals surface area (Å²) in [6, 6.07) is 3.21. The molecule has 0 aliphatic rings. The first kappa shape index (κ1) is 26.0. The minimum Gasteiger partial charge on any atom is -0.490 e. The molecule has 0 aliphatic carbocycles. The van der Waals surface area contributed by atoms with Crippen LogP contribution in [0.25, 0.3) is 0 Å². The van der Waals surface area contributed by atoms with Crippen molar-refractivity contribution in [1.29, 1.82) is 0 Å². The van der Waals surface area contributed by atoms with Crippen molar-refractivity contribution >= 4 is 41.2 Å². The van der Waals surface area contributed by atoms with Crippen LogP contribution in [-0.4, -0.2) is 49.4 Å². The molecule has 0 unspecified atom stereocenters.